The van der Waals surface area contributed by atoms with E-state index >= 15 is 0 Å². The van der Waals surface area contributed by atoms with E-state index in [1.165, 1.54) is 0 Å². The molecule has 3 nitrogen and oxygen atoms in total. The second kappa shape index (κ2) is 3.01. The molecule has 1 amide bonds. The fourth-order valence-electron chi connectivity index (χ4n) is 1.20. The Hall–Kier alpha value is -0.570. The topological polar surface area (TPSA) is 40.5 Å². The maximum absolute atomic E-state index is 11.0. The van der Waals surface area contributed by atoms with Gasteiger partial charge in [-0.1, -0.05) is 0 Å². The zero-order chi connectivity index (χ0) is 7.56. The monoisotopic (exact) mass is 143 g/mol. The predicted octanol–water partition coefficient (Wildman–Crippen LogP) is -0.0104. The fourth-order valence-corrected chi connectivity index (χ4v) is 1.20. The first-order chi connectivity index (χ1) is 4.74. The van der Waals surface area contributed by atoms with Gasteiger partial charge in [-0.15, -0.1) is 0 Å². The smallest absolute Gasteiger partial charge is 0.225 e. The summed E-state index contributed by atoms with van der Waals surface area (Å²) in [6.07, 6.45) is 0.656. The van der Waals surface area contributed by atoms with E-state index < -0.39 is 6.10 Å². The Balaban J connectivity index is 2.43. The summed E-state index contributed by atoms with van der Waals surface area (Å²) < 4.78 is 0. The van der Waals surface area contributed by atoms with Crippen molar-refractivity contribution in [2.45, 2.75) is 25.9 Å². The number of hydrogen-bond donors (Lipinski definition) is 1. The second-order valence-electron chi connectivity index (χ2n) is 2.62. The molecule has 0 aromatic heterocycles. The summed E-state index contributed by atoms with van der Waals surface area (Å²) in [7, 11) is 0. The lowest BCUT2D eigenvalue weighted by Gasteiger charge is -2.28. The van der Waals surface area contributed by atoms with Crippen LogP contribution in [0.5, 0.6) is 0 Å². The van der Waals surface area contributed by atoms with Crippen LogP contribution in [0.4, 0.5) is 0 Å². The molecule has 0 spiro atoms. The molecule has 1 fully saturated rings. The molecule has 1 aliphatic rings. The van der Waals surface area contributed by atoms with Gasteiger partial charge in [0.25, 0.3) is 0 Å². The van der Waals surface area contributed by atoms with Crippen LogP contribution in [0.25, 0.3) is 0 Å². The van der Waals surface area contributed by atoms with Crippen LogP contribution < -0.4 is 0 Å². The van der Waals surface area contributed by atoms with E-state index in [2.05, 4.69) is 0 Å². The van der Waals surface area contributed by atoms with Crippen molar-refractivity contribution >= 4 is 5.91 Å². The van der Waals surface area contributed by atoms with Crippen LogP contribution in [-0.4, -0.2) is 35.1 Å². The minimum Gasteiger partial charge on any atom is -0.393 e. The first kappa shape index (κ1) is 7.54. The number of carbonyl (C=O) groups excluding carboxylic acids is 1. The van der Waals surface area contributed by atoms with Crippen LogP contribution in [0.3, 0.4) is 0 Å². The average Bonchev–Trinajstić information content (AvgIpc) is 1.88. The normalized spacial score (nSPS) is 27.2. The predicted molar refractivity (Wildman–Crippen MR) is 37.5 cm³/mol. The zero-order valence-corrected chi connectivity index (χ0v) is 6.21. The highest BCUT2D eigenvalue weighted by atomic mass is 16.3. The third-order valence-corrected chi connectivity index (χ3v) is 1.88. The van der Waals surface area contributed by atoms with Crippen LogP contribution in [0.2, 0.25) is 0 Å². The molecule has 1 heterocycles. The number of nitrogens with zero attached hydrogens (tertiary/aromatic N) is 1. The maximum Gasteiger partial charge on any atom is 0.225 e. The largest absolute Gasteiger partial charge is 0.393 e. The lowest BCUT2D eigenvalue weighted by molar-refractivity contribution is -0.136. The molecule has 0 aliphatic carbocycles. The minimum atomic E-state index is -0.393. The highest BCUT2D eigenvalue weighted by Crippen LogP contribution is 2.10. The summed E-state index contributed by atoms with van der Waals surface area (Å²) in [6.45, 7) is 3.44. The van der Waals surface area contributed by atoms with Gasteiger partial charge in [-0.25, -0.2) is 0 Å². The van der Waals surface area contributed by atoms with Crippen LogP contribution in [-0.2, 0) is 4.79 Å². The van der Waals surface area contributed by atoms with Gasteiger partial charge in [0.1, 0.15) is 0 Å². The molecule has 1 rings (SSSR count). The van der Waals surface area contributed by atoms with Gasteiger partial charge >= 0.3 is 0 Å². The molecule has 0 bridgehead atoms. The molecule has 1 unspecified atom stereocenters. The molecule has 1 saturated heterocycles. The number of rotatable bonds is 1. The van der Waals surface area contributed by atoms with Gasteiger partial charge in [0.2, 0.25) is 5.91 Å². The first-order valence-corrected chi connectivity index (χ1v) is 3.70. The lowest BCUT2D eigenvalue weighted by Crippen LogP contribution is -2.40. The van der Waals surface area contributed by atoms with Crippen LogP contribution in [0, 0.1) is 0 Å². The van der Waals surface area contributed by atoms with E-state index in [1.807, 2.05) is 6.92 Å². The Morgan fingerprint density at radius 1 is 1.80 bits per heavy atom. The standard InChI is InChI=1S/C7H13NO2/c1-2-8-4-3-6(9)5-7(8)10/h6,9H,2-5H2,1H3. The number of aliphatic hydroxyl groups excluding tert-OH is 1. The molecule has 58 valence electrons. The number of aliphatic hydroxyl groups is 1. The molecule has 0 saturated carbocycles. The van der Waals surface area contributed by atoms with Crippen molar-refractivity contribution in [3.8, 4) is 0 Å². The molecular weight excluding hydrogens is 130 g/mol. The number of amides is 1. The van der Waals surface area contributed by atoms with E-state index in [4.69, 9.17) is 5.11 Å². The van der Waals surface area contributed by atoms with Gasteiger partial charge in [-0.2, -0.15) is 0 Å². The highest BCUT2D eigenvalue weighted by Gasteiger charge is 2.22. The third-order valence-electron chi connectivity index (χ3n) is 1.88. The fraction of sp³-hybridized carbons (Fsp3) is 0.857. The van der Waals surface area contributed by atoms with Crippen molar-refractivity contribution in [1.82, 2.24) is 4.90 Å². The van der Waals surface area contributed by atoms with Crippen LogP contribution >= 0.6 is 0 Å². The average molecular weight is 143 g/mol. The van der Waals surface area contributed by atoms with Crippen molar-refractivity contribution in [3.63, 3.8) is 0 Å². The van der Waals surface area contributed by atoms with Gasteiger partial charge < -0.3 is 10.0 Å². The molecule has 1 atom stereocenters. The number of carbonyl (C=O) groups is 1. The molecular formula is C7H13NO2. The molecule has 3 heteroatoms. The van der Waals surface area contributed by atoms with Crippen LogP contribution in [0.1, 0.15) is 19.8 Å². The molecule has 0 aromatic rings. The Bertz CT molecular complexity index is 136. The van der Waals surface area contributed by atoms with Gasteiger partial charge in [0, 0.05) is 13.1 Å². The minimum absolute atomic E-state index is 0.0845. The molecule has 1 N–H and O–H groups in total. The van der Waals surface area contributed by atoms with Gasteiger partial charge in [-0.3, -0.25) is 4.79 Å². The highest BCUT2D eigenvalue weighted by molar-refractivity contribution is 5.77. The van der Waals surface area contributed by atoms with Crippen molar-refractivity contribution < 1.29 is 9.90 Å². The van der Waals surface area contributed by atoms with Crippen molar-refractivity contribution in [3.05, 3.63) is 0 Å². The Morgan fingerprint density at radius 2 is 2.50 bits per heavy atom. The van der Waals surface area contributed by atoms with Crippen LogP contribution in [0.15, 0.2) is 0 Å². The number of likely N-dealkylation sites (tertiary alicyclic amines) is 1. The molecule has 0 radical (unpaired) electrons. The second-order valence-corrected chi connectivity index (χ2v) is 2.62. The lowest BCUT2D eigenvalue weighted by atomic mass is 10.1. The Labute approximate surface area is 60.6 Å². The summed E-state index contributed by atoms with van der Waals surface area (Å²) >= 11 is 0. The first-order valence-electron chi connectivity index (χ1n) is 3.70. The molecule has 1 aliphatic heterocycles. The summed E-state index contributed by atoms with van der Waals surface area (Å²) in [4.78, 5) is 12.8. The van der Waals surface area contributed by atoms with Crippen molar-refractivity contribution in [2.24, 2.45) is 0 Å². The van der Waals surface area contributed by atoms with Crippen molar-refractivity contribution in [2.75, 3.05) is 13.1 Å². The summed E-state index contributed by atoms with van der Waals surface area (Å²) in [5.74, 6) is 0.0845. The molecule has 10 heavy (non-hydrogen) atoms. The van der Waals surface area contributed by atoms with Gasteiger partial charge in [-0.05, 0) is 13.3 Å². The summed E-state index contributed by atoms with van der Waals surface area (Å²) in [5, 5.41) is 9.05. The van der Waals surface area contributed by atoms with Gasteiger partial charge in [0.15, 0.2) is 0 Å². The van der Waals surface area contributed by atoms with Crippen molar-refractivity contribution in [1.29, 1.82) is 0 Å². The quantitative estimate of drug-likeness (QED) is 0.561. The Morgan fingerprint density at radius 3 is 3.00 bits per heavy atom. The molecule has 0 aromatic carbocycles. The maximum atomic E-state index is 11.0. The van der Waals surface area contributed by atoms with E-state index in [0.717, 1.165) is 19.5 Å². The van der Waals surface area contributed by atoms with E-state index in [0.29, 0.717) is 6.42 Å². The van der Waals surface area contributed by atoms with E-state index in [-0.39, 0.29) is 5.91 Å². The number of hydrogen-bond acceptors (Lipinski definition) is 2. The zero-order valence-electron chi connectivity index (χ0n) is 6.21. The van der Waals surface area contributed by atoms with Gasteiger partial charge in [0.05, 0.1) is 12.5 Å². The number of piperidine rings is 1. The Kier molecular flexibility index (Phi) is 2.27. The summed E-state index contributed by atoms with van der Waals surface area (Å²) in [5.41, 5.74) is 0. The summed E-state index contributed by atoms with van der Waals surface area (Å²) in [6, 6.07) is 0. The third kappa shape index (κ3) is 1.48. The van der Waals surface area contributed by atoms with E-state index in [1.54, 1.807) is 4.90 Å². The SMILES string of the molecule is CCN1CCC(O)CC1=O. The van der Waals surface area contributed by atoms with E-state index in [9.17, 15) is 4.79 Å².